The van der Waals surface area contributed by atoms with Crippen molar-refractivity contribution in [3.8, 4) is 11.3 Å². The molecular weight excluding hydrogens is 376 g/mol. The Bertz CT molecular complexity index is 1130. The largest absolute Gasteiger partial charge is 0.394 e. The van der Waals surface area contributed by atoms with E-state index in [0.717, 1.165) is 5.56 Å². The molecule has 0 amide bonds. The maximum absolute atomic E-state index is 10.7. The van der Waals surface area contributed by atoms with E-state index >= 15 is 0 Å². The minimum absolute atomic E-state index is 0.0209. The third kappa shape index (κ3) is 3.35. The number of aliphatic hydroxyl groups excluding tert-OH is 5. The first-order chi connectivity index (χ1) is 14.0. The lowest BCUT2D eigenvalue weighted by Gasteiger charge is -2.24. The summed E-state index contributed by atoms with van der Waals surface area (Å²) in [5.41, 5.74) is 2.94. The molecule has 0 unspecified atom stereocenters. The van der Waals surface area contributed by atoms with E-state index in [0.29, 0.717) is 22.4 Å². The fraction of sp³-hybridized carbons (Fsp3) is 0.250. The molecule has 2 aromatic heterocycles. The van der Waals surface area contributed by atoms with E-state index in [1.807, 2.05) is 36.4 Å². The number of benzene rings is 2. The molecule has 0 saturated carbocycles. The maximum atomic E-state index is 10.7. The fourth-order valence-electron chi connectivity index (χ4n) is 3.26. The Labute approximate surface area is 165 Å². The van der Waals surface area contributed by atoms with Gasteiger partial charge in [0.05, 0.1) is 17.6 Å². The van der Waals surface area contributed by atoms with Gasteiger partial charge in [-0.05, 0) is 12.1 Å². The van der Waals surface area contributed by atoms with Crippen LogP contribution in [-0.4, -0.2) is 70.0 Å². The Kier molecular flexibility index (Phi) is 5.22. The highest BCUT2D eigenvalue weighted by molar-refractivity contribution is 5.85. The highest BCUT2D eigenvalue weighted by atomic mass is 16.4. The molecule has 0 aliphatic heterocycles. The lowest BCUT2D eigenvalue weighted by Crippen LogP contribution is -2.43. The standard InChI is InChI=1S/C20H20N4O5/c25-10-14(26)16(27)17(28)18(29)20-23-22-19-15(11-6-2-1-3-7-11)21-12-8-4-5-9-13(12)24(19)20/h1-9,14,16-18,25-29H,10H2/t14-,16-,17+,18+/m1/s1. The smallest absolute Gasteiger partial charge is 0.188 e. The van der Waals surface area contributed by atoms with E-state index < -0.39 is 31.0 Å². The Hall–Kier alpha value is -2.95. The molecule has 4 aromatic rings. The van der Waals surface area contributed by atoms with Crippen molar-refractivity contribution in [2.45, 2.75) is 24.4 Å². The number of para-hydroxylation sites is 2. The van der Waals surface area contributed by atoms with E-state index in [1.54, 1.807) is 22.6 Å². The number of nitrogens with zero attached hydrogens (tertiary/aromatic N) is 4. The molecule has 9 heteroatoms. The molecule has 150 valence electrons. The number of hydrogen-bond donors (Lipinski definition) is 5. The Morgan fingerprint density at radius 3 is 2.24 bits per heavy atom. The number of hydrogen-bond acceptors (Lipinski definition) is 8. The van der Waals surface area contributed by atoms with E-state index in [4.69, 9.17) is 5.11 Å². The average Bonchev–Trinajstić information content (AvgIpc) is 3.22. The van der Waals surface area contributed by atoms with Crippen LogP contribution in [0.25, 0.3) is 27.9 Å². The average molecular weight is 396 g/mol. The van der Waals surface area contributed by atoms with Crippen LogP contribution in [0.3, 0.4) is 0 Å². The molecule has 4 atom stereocenters. The van der Waals surface area contributed by atoms with Gasteiger partial charge in [-0.2, -0.15) is 0 Å². The Morgan fingerprint density at radius 2 is 1.52 bits per heavy atom. The maximum Gasteiger partial charge on any atom is 0.188 e. The van der Waals surface area contributed by atoms with E-state index in [9.17, 15) is 20.4 Å². The summed E-state index contributed by atoms with van der Waals surface area (Å²) in [7, 11) is 0. The van der Waals surface area contributed by atoms with Gasteiger partial charge in [-0.25, -0.2) is 4.98 Å². The summed E-state index contributed by atoms with van der Waals surface area (Å²) in [5.74, 6) is -0.0209. The van der Waals surface area contributed by atoms with Gasteiger partial charge < -0.3 is 25.5 Å². The van der Waals surface area contributed by atoms with Crippen molar-refractivity contribution < 1.29 is 25.5 Å². The quantitative estimate of drug-likeness (QED) is 0.308. The molecule has 0 bridgehead atoms. The predicted octanol–water partition coefficient (Wildman–Crippen LogP) is 0.0529. The van der Waals surface area contributed by atoms with Gasteiger partial charge in [0.2, 0.25) is 0 Å². The molecule has 2 aromatic carbocycles. The predicted molar refractivity (Wildman–Crippen MR) is 104 cm³/mol. The van der Waals surface area contributed by atoms with Gasteiger partial charge in [-0.1, -0.05) is 42.5 Å². The minimum atomic E-state index is -1.79. The third-order valence-corrected chi connectivity index (χ3v) is 4.82. The zero-order chi connectivity index (χ0) is 20.5. The van der Waals surface area contributed by atoms with Crippen LogP contribution in [0.4, 0.5) is 0 Å². The van der Waals surface area contributed by atoms with Crippen LogP contribution >= 0.6 is 0 Å². The molecule has 5 N–H and O–H groups in total. The zero-order valence-corrected chi connectivity index (χ0v) is 15.2. The van der Waals surface area contributed by atoms with Gasteiger partial charge in [0, 0.05) is 5.56 Å². The molecule has 0 aliphatic carbocycles. The minimum Gasteiger partial charge on any atom is -0.394 e. The monoisotopic (exact) mass is 396 g/mol. The zero-order valence-electron chi connectivity index (χ0n) is 15.2. The molecule has 2 heterocycles. The first kappa shape index (κ1) is 19.4. The molecule has 0 aliphatic rings. The van der Waals surface area contributed by atoms with Gasteiger partial charge in [0.1, 0.15) is 30.1 Å². The first-order valence-electron chi connectivity index (χ1n) is 9.05. The highest BCUT2D eigenvalue weighted by Crippen LogP contribution is 2.29. The molecule has 29 heavy (non-hydrogen) atoms. The molecule has 0 saturated heterocycles. The molecular formula is C20H20N4O5. The topological polar surface area (TPSA) is 144 Å². The van der Waals surface area contributed by atoms with Crippen molar-refractivity contribution >= 4 is 16.7 Å². The molecule has 0 radical (unpaired) electrons. The van der Waals surface area contributed by atoms with Crippen molar-refractivity contribution in [1.82, 2.24) is 19.6 Å². The van der Waals surface area contributed by atoms with E-state index in [-0.39, 0.29) is 5.82 Å². The summed E-state index contributed by atoms with van der Waals surface area (Å²) < 4.78 is 1.57. The number of rotatable bonds is 6. The van der Waals surface area contributed by atoms with Crippen LogP contribution in [0.1, 0.15) is 11.9 Å². The van der Waals surface area contributed by atoms with Crippen LogP contribution in [0, 0.1) is 0 Å². The lowest BCUT2D eigenvalue weighted by molar-refractivity contribution is -0.118. The third-order valence-electron chi connectivity index (χ3n) is 4.82. The number of aliphatic hydroxyl groups is 5. The van der Waals surface area contributed by atoms with Crippen LogP contribution in [0.15, 0.2) is 54.6 Å². The number of aromatic nitrogens is 4. The second-order valence-electron chi connectivity index (χ2n) is 6.71. The van der Waals surface area contributed by atoms with Crippen molar-refractivity contribution in [3.63, 3.8) is 0 Å². The molecule has 0 fully saturated rings. The fourth-order valence-corrected chi connectivity index (χ4v) is 3.26. The van der Waals surface area contributed by atoms with Crippen LogP contribution in [0.5, 0.6) is 0 Å². The van der Waals surface area contributed by atoms with Gasteiger partial charge in [-0.3, -0.25) is 4.40 Å². The van der Waals surface area contributed by atoms with Crippen molar-refractivity contribution in [3.05, 3.63) is 60.4 Å². The second-order valence-corrected chi connectivity index (χ2v) is 6.71. The summed E-state index contributed by atoms with van der Waals surface area (Å²) in [6.07, 6.45) is -6.85. The summed E-state index contributed by atoms with van der Waals surface area (Å²) in [6.45, 7) is -0.767. The molecule has 0 spiro atoms. The van der Waals surface area contributed by atoms with E-state index in [1.165, 1.54) is 0 Å². The van der Waals surface area contributed by atoms with Crippen molar-refractivity contribution in [2.24, 2.45) is 0 Å². The van der Waals surface area contributed by atoms with Crippen LogP contribution < -0.4 is 0 Å². The normalized spacial score (nSPS) is 16.0. The SMILES string of the molecule is OC[C@@H](O)[C@@H](O)[C@H](O)[C@H](O)c1nnc2c(-c3ccccc3)nc3ccccc3n12. The Balaban J connectivity index is 1.92. The summed E-state index contributed by atoms with van der Waals surface area (Å²) in [4.78, 5) is 4.68. The summed E-state index contributed by atoms with van der Waals surface area (Å²) in [5, 5.41) is 57.7. The number of fused-ring (bicyclic) bond motifs is 3. The van der Waals surface area contributed by atoms with Gasteiger partial charge in [0.25, 0.3) is 0 Å². The summed E-state index contributed by atoms with van der Waals surface area (Å²) in [6, 6.07) is 16.6. The van der Waals surface area contributed by atoms with Gasteiger partial charge in [0.15, 0.2) is 11.5 Å². The van der Waals surface area contributed by atoms with Crippen LogP contribution in [0.2, 0.25) is 0 Å². The second kappa shape index (κ2) is 7.82. The summed E-state index contributed by atoms with van der Waals surface area (Å²) >= 11 is 0. The molecule has 4 rings (SSSR count). The lowest BCUT2D eigenvalue weighted by atomic mass is 10.0. The van der Waals surface area contributed by atoms with Gasteiger partial charge in [-0.15, -0.1) is 10.2 Å². The molecule has 9 nitrogen and oxygen atoms in total. The highest BCUT2D eigenvalue weighted by Gasteiger charge is 2.34. The van der Waals surface area contributed by atoms with Gasteiger partial charge >= 0.3 is 0 Å². The van der Waals surface area contributed by atoms with E-state index in [2.05, 4.69) is 15.2 Å². The Morgan fingerprint density at radius 1 is 0.828 bits per heavy atom. The van der Waals surface area contributed by atoms with Crippen molar-refractivity contribution in [1.29, 1.82) is 0 Å². The first-order valence-corrected chi connectivity index (χ1v) is 9.05. The van der Waals surface area contributed by atoms with Crippen LogP contribution in [-0.2, 0) is 0 Å². The van der Waals surface area contributed by atoms with Crippen molar-refractivity contribution in [2.75, 3.05) is 6.61 Å².